The monoisotopic (exact) mass is 369 g/mol. The molecule has 3 rings (SSSR count). The van der Waals surface area contributed by atoms with Crippen LogP contribution in [0.2, 0.25) is 0 Å². The first-order valence-electron chi connectivity index (χ1n) is 8.88. The fourth-order valence-corrected chi connectivity index (χ4v) is 3.04. The summed E-state index contributed by atoms with van der Waals surface area (Å²) in [4.78, 5) is 26.3. The summed E-state index contributed by atoms with van der Waals surface area (Å²) in [6.07, 6.45) is -0.0365. The summed E-state index contributed by atoms with van der Waals surface area (Å²) in [5.74, 6) is 0.456. The van der Waals surface area contributed by atoms with Crippen molar-refractivity contribution in [2.75, 3.05) is 20.3 Å². The SMILES string of the molecule is COc1ccc(OCC(=O)O[C@@H](C)C(=O)N2CCc3ccccc3C2)cc1. The fraction of sp³-hybridized carbons (Fsp3) is 0.333. The van der Waals surface area contributed by atoms with Crippen LogP contribution in [0, 0.1) is 0 Å². The molecule has 1 aliphatic heterocycles. The van der Waals surface area contributed by atoms with Crippen LogP contribution in [-0.4, -0.2) is 43.1 Å². The maximum Gasteiger partial charge on any atom is 0.344 e. The van der Waals surface area contributed by atoms with E-state index in [1.165, 1.54) is 5.56 Å². The van der Waals surface area contributed by atoms with Crippen molar-refractivity contribution >= 4 is 11.9 Å². The molecule has 0 saturated heterocycles. The minimum atomic E-state index is -0.845. The number of rotatable bonds is 6. The molecular formula is C21H23NO5. The van der Waals surface area contributed by atoms with Gasteiger partial charge in [-0.3, -0.25) is 4.79 Å². The Bertz CT molecular complexity index is 802. The van der Waals surface area contributed by atoms with Gasteiger partial charge in [0.05, 0.1) is 7.11 Å². The molecule has 2 aromatic carbocycles. The largest absolute Gasteiger partial charge is 0.497 e. The van der Waals surface area contributed by atoms with Gasteiger partial charge in [-0.2, -0.15) is 0 Å². The molecule has 0 unspecified atom stereocenters. The normalized spacial score (nSPS) is 14.1. The predicted octanol–water partition coefficient (Wildman–Crippen LogP) is 2.59. The molecule has 0 radical (unpaired) electrons. The van der Waals surface area contributed by atoms with Crippen molar-refractivity contribution in [3.05, 3.63) is 59.7 Å². The summed E-state index contributed by atoms with van der Waals surface area (Å²) in [7, 11) is 1.58. The first-order valence-corrected chi connectivity index (χ1v) is 8.88. The molecule has 0 aromatic heterocycles. The van der Waals surface area contributed by atoms with Gasteiger partial charge in [-0.25, -0.2) is 4.79 Å². The van der Waals surface area contributed by atoms with E-state index in [0.717, 1.165) is 12.0 Å². The van der Waals surface area contributed by atoms with Gasteiger partial charge >= 0.3 is 5.97 Å². The zero-order valence-corrected chi connectivity index (χ0v) is 15.5. The number of carbonyl (C=O) groups is 2. The van der Waals surface area contributed by atoms with Crippen molar-refractivity contribution in [2.24, 2.45) is 0 Å². The van der Waals surface area contributed by atoms with Crippen LogP contribution in [0.15, 0.2) is 48.5 Å². The van der Waals surface area contributed by atoms with E-state index in [-0.39, 0.29) is 12.5 Å². The van der Waals surface area contributed by atoms with E-state index < -0.39 is 12.1 Å². The van der Waals surface area contributed by atoms with Crippen molar-refractivity contribution in [1.29, 1.82) is 0 Å². The first-order chi connectivity index (χ1) is 13.1. The average Bonchev–Trinajstić information content (AvgIpc) is 2.71. The van der Waals surface area contributed by atoms with Crippen molar-refractivity contribution in [3.63, 3.8) is 0 Å². The molecule has 1 atom stereocenters. The third-order valence-corrected chi connectivity index (χ3v) is 4.51. The quantitative estimate of drug-likeness (QED) is 0.733. The van der Waals surface area contributed by atoms with Crippen LogP contribution < -0.4 is 9.47 Å². The molecule has 0 fully saturated rings. The molecule has 0 N–H and O–H groups in total. The number of esters is 1. The predicted molar refractivity (Wildman–Crippen MR) is 99.6 cm³/mol. The number of hydrogen-bond donors (Lipinski definition) is 0. The Kier molecular flexibility index (Phi) is 5.96. The first kappa shape index (κ1) is 18.8. The maximum atomic E-state index is 12.6. The summed E-state index contributed by atoms with van der Waals surface area (Å²) in [5.41, 5.74) is 2.40. The molecule has 6 nitrogen and oxygen atoms in total. The van der Waals surface area contributed by atoms with E-state index in [1.807, 2.05) is 18.2 Å². The van der Waals surface area contributed by atoms with Gasteiger partial charge in [0.2, 0.25) is 0 Å². The third kappa shape index (κ3) is 4.78. The van der Waals surface area contributed by atoms with E-state index in [0.29, 0.717) is 24.6 Å². The molecule has 1 heterocycles. The van der Waals surface area contributed by atoms with E-state index in [4.69, 9.17) is 14.2 Å². The van der Waals surface area contributed by atoms with Crippen LogP contribution in [0.1, 0.15) is 18.1 Å². The van der Waals surface area contributed by atoms with Crippen LogP contribution in [0.25, 0.3) is 0 Å². The Morgan fingerprint density at radius 1 is 1.04 bits per heavy atom. The van der Waals surface area contributed by atoms with Crippen LogP contribution in [0.4, 0.5) is 0 Å². The number of carbonyl (C=O) groups excluding carboxylic acids is 2. The molecule has 1 amide bonds. The van der Waals surface area contributed by atoms with Gasteiger partial charge in [-0.15, -0.1) is 0 Å². The molecule has 0 spiro atoms. The summed E-state index contributed by atoms with van der Waals surface area (Å²) in [5, 5.41) is 0. The third-order valence-electron chi connectivity index (χ3n) is 4.51. The van der Waals surface area contributed by atoms with Crippen LogP contribution in [0.3, 0.4) is 0 Å². The second-order valence-electron chi connectivity index (χ2n) is 6.37. The van der Waals surface area contributed by atoms with Crippen molar-refractivity contribution in [2.45, 2.75) is 26.0 Å². The standard InChI is InChI=1S/C21H23NO5/c1-15(21(24)22-12-11-16-5-3-4-6-17(16)13-22)27-20(23)14-26-19-9-7-18(25-2)8-10-19/h3-10,15H,11-14H2,1-2H3/t15-/m0/s1. The Hall–Kier alpha value is -3.02. The Morgan fingerprint density at radius 2 is 1.70 bits per heavy atom. The molecule has 0 bridgehead atoms. The van der Waals surface area contributed by atoms with Gasteiger partial charge in [0.15, 0.2) is 12.7 Å². The molecule has 2 aromatic rings. The van der Waals surface area contributed by atoms with Gasteiger partial charge in [-0.1, -0.05) is 24.3 Å². The lowest BCUT2D eigenvalue weighted by atomic mass is 9.99. The average molecular weight is 369 g/mol. The molecule has 27 heavy (non-hydrogen) atoms. The highest BCUT2D eigenvalue weighted by Gasteiger charge is 2.26. The summed E-state index contributed by atoms with van der Waals surface area (Å²) in [6, 6.07) is 14.9. The van der Waals surface area contributed by atoms with Crippen molar-refractivity contribution in [1.82, 2.24) is 4.90 Å². The van der Waals surface area contributed by atoms with E-state index >= 15 is 0 Å². The highest BCUT2D eigenvalue weighted by molar-refractivity contribution is 5.84. The van der Waals surface area contributed by atoms with Crippen molar-refractivity contribution < 1.29 is 23.8 Å². The number of ether oxygens (including phenoxy) is 3. The van der Waals surface area contributed by atoms with Crippen LogP contribution >= 0.6 is 0 Å². The molecular weight excluding hydrogens is 346 g/mol. The Balaban J connectivity index is 1.48. The maximum absolute atomic E-state index is 12.6. The highest BCUT2D eigenvalue weighted by Crippen LogP contribution is 2.20. The summed E-state index contributed by atoms with van der Waals surface area (Å²) in [6.45, 7) is 2.50. The molecule has 142 valence electrons. The van der Waals surface area contributed by atoms with E-state index in [1.54, 1.807) is 43.2 Å². The summed E-state index contributed by atoms with van der Waals surface area (Å²) < 4.78 is 15.7. The topological polar surface area (TPSA) is 65.1 Å². The van der Waals surface area contributed by atoms with E-state index in [2.05, 4.69) is 6.07 Å². The minimum absolute atomic E-state index is 0.192. The number of nitrogens with zero attached hydrogens (tertiary/aromatic N) is 1. The summed E-state index contributed by atoms with van der Waals surface area (Å²) >= 11 is 0. The van der Waals surface area contributed by atoms with Gasteiger partial charge in [0.1, 0.15) is 11.5 Å². The second-order valence-corrected chi connectivity index (χ2v) is 6.37. The number of benzene rings is 2. The van der Waals surface area contributed by atoms with Crippen molar-refractivity contribution in [3.8, 4) is 11.5 Å². The van der Waals surface area contributed by atoms with Crippen LogP contribution in [-0.2, 0) is 27.3 Å². The Morgan fingerprint density at radius 3 is 2.41 bits per heavy atom. The minimum Gasteiger partial charge on any atom is -0.497 e. The molecule has 1 aliphatic rings. The van der Waals surface area contributed by atoms with Crippen LogP contribution in [0.5, 0.6) is 11.5 Å². The zero-order chi connectivity index (χ0) is 19.2. The second kappa shape index (κ2) is 8.58. The lowest BCUT2D eigenvalue weighted by Crippen LogP contribution is -2.43. The van der Waals surface area contributed by atoms with Gasteiger partial charge in [-0.05, 0) is 48.7 Å². The number of methoxy groups -OCH3 is 1. The highest BCUT2D eigenvalue weighted by atomic mass is 16.6. The molecule has 0 aliphatic carbocycles. The Labute approximate surface area is 158 Å². The lowest BCUT2D eigenvalue weighted by Gasteiger charge is -2.30. The number of hydrogen-bond acceptors (Lipinski definition) is 5. The van der Waals surface area contributed by atoms with Gasteiger partial charge in [0, 0.05) is 13.1 Å². The van der Waals surface area contributed by atoms with E-state index in [9.17, 15) is 9.59 Å². The molecule has 0 saturated carbocycles. The fourth-order valence-electron chi connectivity index (χ4n) is 3.04. The smallest absolute Gasteiger partial charge is 0.344 e. The zero-order valence-electron chi connectivity index (χ0n) is 15.5. The number of amides is 1. The molecule has 6 heteroatoms. The number of fused-ring (bicyclic) bond motifs is 1. The van der Waals surface area contributed by atoms with Gasteiger partial charge < -0.3 is 19.1 Å². The lowest BCUT2D eigenvalue weighted by molar-refractivity contribution is -0.161. The van der Waals surface area contributed by atoms with Gasteiger partial charge in [0.25, 0.3) is 5.91 Å².